The second-order valence-electron chi connectivity index (χ2n) is 4.04. The van der Waals surface area contributed by atoms with Gasteiger partial charge in [0.05, 0.1) is 27.2 Å². The molecule has 0 saturated carbocycles. The van der Waals surface area contributed by atoms with Crippen LogP contribution in [0.4, 0.5) is 17.3 Å². The summed E-state index contributed by atoms with van der Waals surface area (Å²) < 4.78 is 4.76. The molecule has 0 unspecified atom stereocenters. The lowest BCUT2D eigenvalue weighted by Gasteiger charge is -2.01. The number of nitro groups is 2. The van der Waals surface area contributed by atoms with Crippen molar-refractivity contribution in [2.75, 3.05) is 5.32 Å². The average molecular weight is 292 g/mol. The number of nitrogens with zero attached hydrogens (tertiary/aromatic N) is 3. The van der Waals surface area contributed by atoms with Crippen LogP contribution in [0, 0.1) is 27.2 Å². The van der Waals surface area contributed by atoms with Crippen molar-refractivity contribution in [2.45, 2.75) is 6.92 Å². The van der Waals surface area contributed by atoms with Crippen LogP contribution in [-0.2, 0) is 0 Å². The highest BCUT2D eigenvalue weighted by Gasteiger charge is 2.20. The summed E-state index contributed by atoms with van der Waals surface area (Å²) in [7, 11) is 0. The Morgan fingerprint density at radius 2 is 1.71 bits per heavy atom. The molecule has 0 spiro atoms. The molecule has 10 heteroatoms. The Bertz CT molecular complexity index is 706. The van der Waals surface area contributed by atoms with Crippen molar-refractivity contribution < 1.29 is 19.2 Å². The summed E-state index contributed by atoms with van der Waals surface area (Å²) in [6.45, 7) is 1.64. The predicted octanol–water partition coefficient (Wildman–Crippen LogP) is 2.05. The summed E-state index contributed by atoms with van der Waals surface area (Å²) in [5, 5.41) is 27.3. The Hall–Kier alpha value is -3.30. The van der Waals surface area contributed by atoms with E-state index in [1.54, 1.807) is 6.92 Å². The maximum absolute atomic E-state index is 11.9. The maximum atomic E-state index is 11.9. The number of aryl methyl sites for hydroxylation is 1. The SMILES string of the molecule is Cc1cc(NC(=O)c2cc([N+](=O)[O-])cc([N+](=O)[O-])c2)on1. The fourth-order valence-corrected chi connectivity index (χ4v) is 1.54. The molecule has 21 heavy (non-hydrogen) atoms. The number of nitro benzene ring substituents is 2. The Balaban J connectivity index is 2.35. The van der Waals surface area contributed by atoms with Crippen LogP contribution in [-0.4, -0.2) is 20.9 Å². The zero-order valence-corrected chi connectivity index (χ0v) is 10.6. The van der Waals surface area contributed by atoms with Crippen LogP contribution in [0.1, 0.15) is 16.1 Å². The van der Waals surface area contributed by atoms with E-state index in [1.807, 2.05) is 0 Å². The first-order valence-electron chi connectivity index (χ1n) is 5.55. The first kappa shape index (κ1) is 14.1. The molecule has 1 N–H and O–H groups in total. The van der Waals surface area contributed by atoms with Gasteiger partial charge in [-0.3, -0.25) is 30.3 Å². The number of amides is 1. The largest absolute Gasteiger partial charge is 0.338 e. The summed E-state index contributed by atoms with van der Waals surface area (Å²) >= 11 is 0. The summed E-state index contributed by atoms with van der Waals surface area (Å²) in [5.41, 5.74) is -0.813. The molecule has 10 nitrogen and oxygen atoms in total. The van der Waals surface area contributed by atoms with Crippen molar-refractivity contribution in [1.82, 2.24) is 5.16 Å². The summed E-state index contributed by atoms with van der Waals surface area (Å²) in [6.07, 6.45) is 0. The predicted molar refractivity (Wildman–Crippen MR) is 68.9 cm³/mol. The molecule has 2 aromatic rings. The normalized spacial score (nSPS) is 10.1. The zero-order valence-electron chi connectivity index (χ0n) is 10.6. The molecule has 0 aliphatic rings. The van der Waals surface area contributed by atoms with E-state index in [9.17, 15) is 25.0 Å². The van der Waals surface area contributed by atoms with Crippen molar-refractivity contribution in [3.8, 4) is 0 Å². The lowest BCUT2D eigenvalue weighted by molar-refractivity contribution is -0.394. The number of non-ortho nitro benzene ring substituents is 2. The lowest BCUT2D eigenvalue weighted by Crippen LogP contribution is -2.12. The van der Waals surface area contributed by atoms with Crippen molar-refractivity contribution in [3.63, 3.8) is 0 Å². The van der Waals surface area contributed by atoms with Gasteiger partial charge < -0.3 is 4.52 Å². The molecule has 0 aliphatic heterocycles. The number of hydrogen-bond acceptors (Lipinski definition) is 7. The Labute approximate surface area is 116 Å². The fraction of sp³-hybridized carbons (Fsp3) is 0.0909. The van der Waals surface area contributed by atoms with Crippen LogP contribution >= 0.6 is 0 Å². The number of hydrogen-bond donors (Lipinski definition) is 1. The molecule has 0 saturated heterocycles. The summed E-state index contributed by atoms with van der Waals surface area (Å²) in [6, 6.07) is 4.08. The Kier molecular flexibility index (Phi) is 3.61. The van der Waals surface area contributed by atoms with Gasteiger partial charge in [-0.05, 0) is 6.92 Å². The van der Waals surface area contributed by atoms with Crippen molar-refractivity contribution in [2.24, 2.45) is 0 Å². The fourth-order valence-electron chi connectivity index (χ4n) is 1.54. The van der Waals surface area contributed by atoms with E-state index >= 15 is 0 Å². The average Bonchev–Trinajstić information content (AvgIpc) is 2.83. The van der Waals surface area contributed by atoms with Gasteiger partial charge in [-0.2, -0.15) is 0 Å². The molecular weight excluding hydrogens is 284 g/mol. The molecule has 0 bridgehead atoms. The molecule has 1 amide bonds. The van der Waals surface area contributed by atoms with E-state index in [2.05, 4.69) is 10.5 Å². The quantitative estimate of drug-likeness (QED) is 0.671. The van der Waals surface area contributed by atoms with E-state index < -0.39 is 27.1 Å². The van der Waals surface area contributed by atoms with E-state index in [-0.39, 0.29) is 11.4 Å². The van der Waals surface area contributed by atoms with Crippen LogP contribution in [0.3, 0.4) is 0 Å². The van der Waals surface area contributed by atoms with Gasteiger partial charge in [-0.25, -0.2) is 0 Å². The van der Waals surface area contributed by atoms with Gasteiger partial charge in [0, 0.05) is 18.2 Å². The lowest BCUT2D eigenvalue weighted by atomic mass is 10.1. The van der Waals surface area contributed by atoms with Crippen molar-refractivity contribution >= 4 is 23.2 Å². The second kappa shape index (κ2) is 5.36. The second-order valence-corrected chi connectivity index (χ2v) is 4.04. The first-order valence-corrected chi connectivity index (χ1v) is 5.55. The van der Waals surface area contributed by atoms with Crippen LogP contribution in [0.5, 0.6) is 0 Å². The molecule has 108 valence electrons. The maximum Gasteiger partial charge on any atom is 0.277 e. The zero-order chi connectivity index (χ0) is 15.6. The minimum Gasteiger partial charge on any atom is -0.338 e. The third-order valence-corrected chi connectivity index (χ3v) is 2.45. The van der Waals surface area contributed by atoms with Crippen molar-refractivity contribution in [3.05, 3.63) is 55.8 Å². The molecule has 1 heterocycles. The van der Waals surface area contributed by atoms with E-state index in [4.69, 9.17) is 4.52 Å². The molecule has 0 fully saturated rings. The van der Waals surface area contributed by atoms with Gasteiger partial charge in [0.1, 0.15) is 0 Å². The topological polar surface area (TPSA) is 141 Å². The van der Waals surface area contributed by atoms with Crippen molar-refractivity contribution in [1.29, 1.82) is 0 Å². The van der Waals surface area contributed by atoms with Gasteiger partial charge in [-0.15, -0.1) is 0 Å². The molecule has 2 rings (SSSR count). The minimum absolute atomic E-state index is 0.0339. The van der Waals surface area contributed by atoms with Crippen LogP contribution in [0.15, 0.2) is 28.8 Å². The van der Waals surface area contributed by atoms with Gasteiger partial charge in [-0.1, -0.05) is 5.16 Å². The summed E-state index contributed by atoms with van der Waals surface area (Å²) in [5.74, 6) is -0.746. The van der Waals surface area contributed by atoms with Crippen LogP contribution in [0.25, 0.3) is 0 Å². The molecule has 0 radical (unpaired) electrons. The highest BCUT2D eigenvalue weighted by Crippen LogP contribution is 2.23. The Morgan fingerprint density at radius 1 is 1.14 bits per heavy atom. The number of carbonyl (C=O) groups is 1. The highest BCUT2D eigenvalue weighted by atomic mass is 16.6. The number of aromatic nitrogens is 1. The minimum atomic E-state index is -0.817. The molecule has 1 aromatic carbocycles. The van der Waals surface area contributed by atoms with E-state index in [0.29, 0.717) is 5.69 Å². The third kappa shape index (κ3) is 3.18. The molecule has 1 aromatic heterocycles. The number of nitrogens with one attached hydrogen (secondary N) is 1. The van der Waals surface area contributed by atoms with Gasteiger partial charge in [0.15, 0.2) is 0 Å². The summed E-state index contributed by atoms with van der Waals surface area (Å²) in [4.78, 5) is 31.8. The van der Waals surface area contributed by atoms with Gasteiger partial charge in [0.2, 0.25) is 5.88 Å². The van der Waals surface area contributed by atoms with E-state index in [1.165, 1.54) is 6.07 Å². The number of anilines is 1. The van der Waals surface area contributed by atoms with Gasteiger partial charge >= 0.3 is 0 Å². The number of benzene rings is 1. The molecule has 0 atom stereocenters. The first-order chi connectivity index (χ1) is 9.86. The number of rotatable bonds is 4. The molecule has 0 aliphatic carbocycles. The smallest absolute Gasteiger partial charge is 0.277 e. The highest BCUT2D eigenvalue weighted by molar-refractivity contribution is 6.04. The standard InChI is InChI=1S/C11H8N4O6/c1-6-2-10(21-13-6)12-11(16)7-3-8(14(17)18)5-9(4-7)15(19)20/h2-5H,1H3,(H,12,16). The van der Waals surface area contributed by atoms with E-state index in [0.717, 1.165) is 18.2 Å². The molecular formula is C11H8N4O6. The monoisotopic (exact) mass is 292 g/mol. The van der Waals surface area contributed by atoms with Crippen LogP contribution in [0.2, 0.25) is 0 Å². The number of carbonyl (C=O) groups excluding carboxylic acids is 1. The van der Waals surface area contributed by atoms with Crippen LogP contribution < -0.4 is 5.32 Å². The van der Waals surface area contributed by atoms with Gasteiger partial charge in [0.25, 0.3) is 17.3 Å². The Morgan fingerprint density at radius 3 is 2.14 bits per heavy atom. The third-order valence-electron chi connectivity index (χ3n) is 2.45.